The van der Waals surface area contributed by atoms with Crippen LogP contribution in [-0.2, 0) is 11.8 Å². The fraction of sp³-hybridized carbons (Fsp3) is 0.545. The number of carbonyl (C=O) groups is 2. The zero-order chi connectivity index (χ0) is 13.4. The molecular formula is C11H14ClN3O3. The number of halogens is 1. The summed E-state index contributed by atoms with van der Waals surface area (Å²) in [5.74, 6) is -1.37. The second-order valence-electron chi connectivity index (χ2n) is 4.54. The largest absolute Gasteiger partial charge is 0.481 e. The molecule has 0 aromatic carbocycles. The molecule has 2 rings (SSSR count). The summed E-state index contributed by atoms with van der Waals surface area (Å²) in [4.78, 5) is 24.5. The van der Waals surface area contributed by atoms with Gasteiger partial charge in [-0.25, -0.2) is 0 Å². The molecule has 7 heteroatoms. The molecule has 1 amide bonds. The van der Waals surface area contributed by atoms with Crippen LogP contribution in [0.1, 0.15) is 23.3 Å². The molecule has 18 heavy (non-hydrogen) atoms. The average molecular weight is 272 g/mol. The normalized spacial score (nSPS) is 22.4. The molecule has 0 bridgehead atoms. The van der Waals surface area contributed by atoms with Gasteiger partial charge >= 0.3 is 5.97 Å². The summed E-state index contributed by atoms with van der Waals surface area (Å²) >= 11 is 5.90. The second-order valence-corrected chi connectivity index (χ2v) is 4.95. The number of carboxylic acid groups (broad SMARTS) is 1. The maximum absolute atomic E-state index is 12.2. The fourth-order valence-electron chi connectivity index (χ4n) is 2.09. The number of hydrogen-bond donors (Lipinski definition) is 1. The number of nitrogens with zero attached hydrogens (tertiary/aromatic N) is 3. The van der Waals surface area contributed by atoms with E-state index in [1.54, 1.807) is 19.0 Å². The van der Waals surface area contributed by atoms with Crippen LogP contribution in [0.4, 0.5) is 0 Å². The van der Waals surface area contributed by atoms with Crippen molar-refractivity contribution in [2.75, 3.05) is 7.05 Å². The van der Waals surface area contributed by atoms with E-state index >= 15 is 0 Å². The van der Waals surface area contributed by atoms with Crippen LogP contribution in [0.25, 0.3) is 0 Å². The highest BCUT2D eigenvalue weighted by atomic mass is 35.5. The zero-order valence-corrected chi connectivity index (χ0v) is 10.9. The van der Waals surface area contributed by atoms with E-state index in [-0.39, 0.29) is 17.9 Å². The molecule has 1 fully saturated rings. The number of rotatable bonds is 3. The van der Waals surface area contributed by atoms with Crippen molar-refractivity contribution in [2.24, 2.45) is 13.0 Å². The molecule has 0 aliphatic heterocycles. The Hall–Kier alpha value is -1.56. The first-order chi connectivity index (χ1) is 8.41. The van der Waals surface area contributed by atoms with Crippen LogP contribution in [0.2, 0.25) is 5.02 Å². The average Bonchev–Trinajstić information content (AvgIpc) is 2.54. The fourth-order valence-corrected chi connectivity index (χ4v) is 2.34. The second kappa shape index (κ2) is 4.61. The minimum absolute atomic E-state index is 0.0374. The Morgan fingerprint density at radius 1 is 1.56 bits per heavy atom. The maximum atomic E-state index is 12.2. The number of aryl methyl sites for hydroxylation is 1. The lowest BCUT2D eigenvalue weighted by atomic mass is 9.79. The maximum Gasteiger partial charge on any atom is 0.306 e. The van der Waals surface area contributed by atoms with Gasteiger partial charge in [0.2, 0.25) is 0 Å². The van der Waals surface area contributed by atoms with Crippen LogP contribution in [0, 0.1) is 5.92 Å². The summed E-state index contributed by atoms with van der Waals surface area (Å²) < 4.78 is 1.43. The first kappa shape index (κ1) is 12.9. The van der Waals surface area contributed by atoms with Crippen LogP contribution >= 0.6 is 11.6 Å². The topological polar surface area (TPSA) is 75.4 Å². The predicted octanol–water partition coefficient (Wildman–Crippen LogP) is 1.01. The van der Waals surface area contributed by atoms with Crippen molar-refractivity contribution in [3.8, 4) is 0 Å². The lowest BCUT2D eigenvalue weighted by molar-refractivity contribution is -0.146. The lowest BCUT2D eigenvalue weighted by Crippen LogP contribution is -2.48. The Morgan fingerprint density at radius 3 is 2.61 bits per heavy atom. The molecule has 0 spiro atoms. The minimum Gasteiger partial charge on any atom is -0.481 e. The van der Waals surface area contributed by atoms with Crippen molar-refractivity contribution >= 4 is 23.5 Å². The van der Waals surface area contributed by atoms with E-state index in [9.17, 15) is 9.59 Å². The summed E-state index contributed by atoms with van der Waals surface area (Å²) in [6.07, 6.45) is 2.41. The van der Waals surface area contributed by atoms with E-state index < -0.39 is 5.97 Å². The molecule has 0 atom stereocenters. The Bertz CT molecular complexity index is 474. The predicted molar refractivity (Wildman–Crippen MR) is 64.5 cm³/mol. The molecule has 1 aromatic heterocycles. The highest BCUT2D eigenvalue weighted by molar-refractivity contribution is 6.33. The molecule has 1 saturated carbocycles. The Labute approximate surface area is 109 Å². The molecule has 98 valence electrons. The third kappa shape index (κ3) is 2.08. The van der Waals surface area contributed by atoms with E-state index in [4.69, 9.17) is 16.7 Å². The van der Waals surface area contributed by atoms with Gasteiger partial charge in [-0.15, -0.1) is 0 Å². The van der Waals surface area contributed by atoms with E-state index in [2.05, 4.69) is 5.10 Å². The number of aromatic nitrogens is 2. The van der Waals surface area contributed by atoms with Crippen LogP contribution in [0.3, 0.4) is 0 Å². The summed E-state index contributed by atoms with van der Waals surface area (Å²) in [5, 5.41) is 13.0. The van der Waals surface area contributed by atoms with E-state index in [1.165, 1.54) is 10.9 Å². The van der Waals surface area contributed by atoms with Gasteiger partial charge in [-0.1, -0.05) is 11.6 Å². The number of carbonyl (C=O) groups excluding carboxylic acids is 1. The van der Waals surface area contributed by atoms with Gasteiger partial charge in [-0.3, -0.25) is 14.3 Å². The number of aliphatic carboxylic acids is 1. The molecule has 0 radical (unpaired) electrons. The van der Waals surface area contributed by atoms with Gasteiger partial charge in [-0.2, -0.15) is 5.10 Å². The van der Waals surface area contributed by atoms with E-state index in [0.717, 1.165) is 0 Å². The standard InChI is InChI=1S/C11H14ClN3O3/c1-14(7-3-6(4-7)11(17)18)10(16)9-8(12)5-13-15(9)2/h5-7H,3-4H2,1-2H3,(H,17,18). The molecule has 1 heterocycles. The number of carboxylic acids is 1. The highest BCUT2D eigenvalue weighted by Gasteiger charge is 2.39. The van der Waals surface area contributed by atoms with Gasteiger partial charge in [0.1, 0.15) is 5.69 Å². The van der Waals surface area contributed by atoms with E-state index in [1.807, 2.05) is 0 Å². The van der Waals surface area contributed by atoms with Gasteiger partial charge in [0.15, 0.2) is 0 Å². The summed E-state index contributed by atoms with van der Waals surface area (Å²) in [5.41, 5.74) is 0.331. The third-order valence-corrected chi connectivity index (χ3v) is 3.70. The van der Waals surface area contributed by atoms with Gasteiger partial charge in [0, 0.05) is 20.1 Å². The third-order valence-electron chi connectivity index (χ3n) is 3.43. The SMILES string of the molecule is CN(C(=O)c1c(Cl)cnn1C)C1CC(C(=O)O)C1. The van der Waals surface area contributed by atoms with Crippen molar-refractivity contribution in [3.63, 3.8) is 0 Å². The molecule has 1 aromatic rings. The Morgan fingerprint density at radius 2 is 2.17 bits per heavy atom. The first-order valence-corrected chi connectivity index (χ1v) is 5.97. The molecule has 1 aliphatic carbocycles. The Kier molecular flexibility index (Phi) is 3.30. The summed E-state index contributed by atoms with van der Waals surface area (Å²) in [7, 11) is 3.31. The molecule has 0 saturated heterocycles. The molecule has 1 N–H and O–H groups in total. The van der Waals surface area contributed by atoms with Gasteiger partial charge in [0.25, 0.3) is 5.91 Å². The van der Waals surface area contributed by atoms with Crippen molar-refractivity contribution in [3.05, 3.63) is 16.9 Å². The van der Waals surface area contributed by atoms with Gasteiger partial charge < -0.3 is 10.0 Å². The van der Waals surface area contributed by atoms with Crippen molar-refractivity contribution < 1.29 is 14.7 Å². The quantitative estimate of drug-likeness (QED) is 0.890. The van der Waals surface area contributed by atoms with Crippen LogP contribution in [0.5, 0.6) is 0 Å². The Balaban J connectivity index is 2.05. The van der Waals surface area contributed by atoms with Crippen LogP contribution in [-0.4, -0.2) is 44.8 Å². The zero-order valence-electron chi connectivity index (χ0n) is 10.1. The summed E-state index contributed by atoms with van der Waals surface area (Å²) in [6.45, 7) is 0. The summed E-state index contributed by atoms with van der Waals surface area (Å²) in [6, 6.07) is -0.0374. The highest BCUT2D eigenvalue weighted by Crippen LogP contribution is 2.32. The first-order valence-electron chi connectivity index (χ1n) is 5.59. The lowest BCUT2D eigenvalue weighted by Gasteiger charge is -2.39. The number of amides is 1. The monoisotopic (exact) mass is 271 g/mol. The van der Waals surface area contributed by atoms with Crippen molar-refractivity contribution in [1.29, 1.82) is 0 Å². The van der Waals surface area contributed by atoms with Crippen LogP contribution < -0.4 is 0 Å². The smallest absolute Gasteiger partial charge is 0.306 e. The molecule has 6 nitrogen and oxygen atoms in total. The van der Waals surface area contributed by atoms with Crippen LogP contribution in [0.15, 0.2) is 6.20 Å². The molecule has 0 unspecified atom stereocenters. The molecular weight excluding hydrogens is 258 g/mol. The van der Waals surface area contributed by atoms with Crippen molar-refractivity contribution in [2.45, 2.75) is 18.9 Å². The van der Waals surface area contributed by atoms with Crippen molar-refractivity contribution in [1.82, 2.24) is 14.7 Å². The van der Waals surface area contributed by atoms with E-state index in [0.29, 0.717) is 23.6 Å². The minimum atomic E-state index is -0.800. The number of hydrogen-bond acceptors (Lipinski definition) is 3. The van der Waals surface area contributed by atoms with Gasteiger partial charge in [0.05, 0.1) is 17.1 Å². The van der Waals surface area contributed by atoms with Gasteiger partial charge in [-0.05, 0) is 12.8 Å². The molecule has 1 aliphatic rings.